The smallest absolute Gasteiger partial charge is 0.131 e. The van der Waals surface area contributed by atoms with Crippen LogP contribution in [-0.2, 0) is 6.42 Å². The maximum absolute atomic E-state index is 6.10. The molecule has 5 heteroatoms. The minimum atomic E-state index is 0.596. The minimum Gasteiger partial charge on any atom is -0.398 e. The van der Waals surface area contributed by atoms with Crippen LogP contribution in [0.3, 0.4) is 0 Å². The van der Waals surface area contributed by atoms with Crippen LogP contribution < -0.4 is 11.1 Å². The van der Waals surface area contributed by atoms with E-state index in [4.69, 9.17) is 17.3 Å². The van der Waals surface area contributed by atoms with E-state index >= 15 is 0 Å². The van der Waals surface area contributed by atoms with Crippen LogP contribution in [0.2, 0.25) is 5.02 Å². The third kappa shape index (κ3) is 5.67. The monoisotopic (exact) mass is 372 g/mol. The number of likely N-dealkylation sites (tertiary alicyclic amines) is 1. The van der Waals surface area contributed by atoms with Crippen LogP contribution in [-0.4, -0.2) is 23.0 Å². The van der Waals surface area contributed by atoms with Gasteiger partial charge in [0.2, 0.25) is 0 Å². The molecule has 0 amide bonds. The summed E-state index contributed by atoms with van der Waals surface area (Å²) in [5.41, 5.74) is 8.66. The molecule has 1 aliphatic heterocycles. The highest BCUT2D eigenvalue weighted by Gasteiger charge is 2.12. The number of nitrogen functional groups attached to an aromatic ring is 1. The Bertz CT molecular complexity index is 724. The summed E-state index contributed by atoms with van der Waals surface area (Å²) in [5.74, 6) is 1.75. The molecule has 0 bridgehead atoms. The molecule has 0 saturated carbocycles. The third-order valence-electron chi connectivity index (χ3n) is 4.31. The number of rotatable bonds is 5. The van der Waals surface area contributed by atoms with Crippen molar-refractivity contribution in [3.05, 3.63) is 65.1 Å². The Morgan fingerprint density at radius 1 is 1.15 bits per heavy atom. The fraction of sp³-hybridized carbons (Fsp3) is 0.381. The summed E-state index contributed by atoms with van der Waals surface area (Å²) in [6.45, 7) is 10.3. The van der Waals surface area contributed by atoms with Gasteiger partial charge in [0.1, 0.15) is 5.82 Å². The summed E-state index contributed by atoms with van der Waals surface area (Å²) in [5, 5.41) is 3.93. The molecule has 3 N–H and O–H groups in total. The summed E-state index contributed by atoms with van der Waals surface area (Å²) in [7, 11) is 0. The summed E-state index contributed by atoms with van der Waals surface area (Å²) in [6.07, 6.45) is 6.37. The van der Waals surface area contributed by atoms with Gasteiger partial charge in [0.15, 0.2) is 0 Å². The van der Waals surface area contributed by atoms with Crippen LogP contribution in [0.15, 0.2) is 48.9 Å². The molecule has 0 spiro atoms. The van der Waals surface area contributed by atoms with Gasteiger partial charge in [-0.1, -0.05) is 38.1 Å². The molecule has 1 aromatic heterocycles. The molecule has 140 valence electrons. The van der Waals surface area contributed by atoms with Gasteiger partial charge in [-0.05, 0) is 61.1 Å². The number of hydrogen-bond donors (Lipinski definition) is 2. The van der Waals surface area contributed by atoms with Gasteiger partial charge in [0, 0.05) is 19.3 Å². The normalized spacial score (nSPS) is 13.6. The van der Waals surface area contributed by atoms with E-state index in [9.17, 15) is 0 Å². The highest BCUT2D eigenvalue weighted by Crippen LogP contribution is 2.22. The molecular formula is C21H29ClN4. The number of nitrogens with two attached hydrogens (primary N) is 1. The zero-order chi connectivity index (χ0) is 18.9. The van der Waals surface area contributed by atoms with Crippen molar-refractivity contribution >= 4 is 23.1 Å². The van der Waals surface area contributed by atoms with Crippen molar-refractivity contribution in [2.24, 2.45) is 0 Å². The predicted molar refractivity (Wildman–Crippen MR) is 112 cm³/mol. The lowest BCUT2D eigenvalue weighted by atomic mass is 10.1. The van der Waals surface area contributed by atoms with Crippen LogP contribution in [0.4, 0.5) is 11.5 Å². The molecule has 0 atom stereocenters. The van der Waals surface area contributed by atoms with Crippen LogP contribution >= 0.6 is 11.6 Å². The fourth-order valence-corrected chi connectivity index (χ4v) is 3.16. The number of anilines is 2. The second kappa shape index (κ2) is 10.1. The van der Waals surface area contributed by atoms with Crippen molar-refractivity contribution in [3.8, 4) is 0 Å². The number of hydrogen-bond acceptors (Lipinski definition) is 4. The van der Waals surface area contributed by atoms with Crippen molar-refractivity contribution in [2.75, 3.05) is 24.1 Å². The summed E-state index contributed by atoms with van der Waals surface area (Å²) < 4.78 is 0. The lowest BCUT2D eigenvalue weighted by molar-refractivity contribution is 0.289. The Labute approximate surface area is 162 Å². The van der Waals surface area contributed by atoms with Gasteiger partial charge in [0.05, 0.1) is 16.5 Å². The van der Waals surface area contributed by atoms with Gasteiger partial charge in [-0.25, -0.2) is 4.98 Å². The molecule has 1 saturated heterocycles. The molecule has 1 fully saturated rings. The second-order valence-electron chi connectivity index (χ2n) is 6.20. The van der Waals surface area contributed by atoms with E-state index in [2.05, 4.69) is 27.8 Å². The Morgan fingerprint density at radius 3 is 2.54 bits per heavy atom. The van der Waals surface area contributed by atoms with Crippen LogP contribution in [0.1, 0.15) is 44.2 Å². The maximum Gasteiger partial charge on any atom is 0.131 e. The van der Waals surface area contributed by atoms with Crippen molar-refractivity contribution in [1.29, 1.82) is 0 Å². The largest absolute Gasteiger partial charge is 0.398 e. The molecule has 2 aromatic rings. The highest BCUT2D eigenvalue weighted by atomic mass is 35.5. The zero-order valence-electron chi connectivity index (χ0n) is 15.8. The molecule has 3 rings (SSSR count). The fourth-order valence-electron chi connectivity index (χ4n) is 2.96. The first-order chi connectivity index (χ1) is 12.6. The number of piperidine rings is 1. The van der Waals surface area contributed by atoms with E-state index < -0.39 is 0 Å². The van der Waals surface area contributed by atoms with Gasteiger partial charge in [0.25, 0.3) is 0 Å². The Balaban J connectivity index is 0.00000117. The van der Waals surface area contributed by atoms with Gasteiger partial charge < -0.3 is 16.0 Å². The minimum absolute atomic E-state index is 0.596. The third-order valence-corrected chi connectivity index (χ3v) is 4.63. The van der Waals surface area contributed by atoms with Gasteiger partial charge in [-0.3, -0.25) is 0 Å². The zero-order valence-corrected chi connectivity index (χ0v) is 16.5. The number of nitrogens with one attached hydrogen (secondary N) is 1. The number of pyridine rings is 1. The predicted octanol–water partition coefficient (Wildman–Crippen LogP) is 5.30. The van der Waals surface area contributed by atoms with E-state index in [-0.39, 0.29) is 0 Å². The SMILES string of the molecule is C=C(Nc1cc(Cc2ccc(N)c(Cl)c2)ccn1)N1CCCCC1.CC. The molecule has 0 radical (unpaired) electrons. The Kier molecular flexibility index (Phi) is 7.79. The van der Waals surface area contributed by atoms with E-state index in [1.54, 1.807) is 0 Å². The molecule has 4 nitrogen and oxygen atoms in total. The van der Waals surface area contributed by atoms with E-state index in [0.717, 1.165) is 36.7 Å². The molecule has 1 aromatic carbocycles. The van der Waals surface area contributed by atoms with E-state index in [0.29, 0.717) is 10.7 Å². The molecule has 26 heavy (non-hydrogen) atoms. The first kappa shape index (κ1) is 20.1. The molecule has 0 aliphatic carbocycles. The average molecular weight is 373 g/mol. The number of benzene rings is 1. The van der Waals surface area contributed by atoms with Crippen molar-refractivity contribution in [2.45, 2.75) is 39.5 Å². The van der Waals surface area contributed by atoms with Gasteiger partial charge in [-0.15, -0.1) is 0 Å². The summed E-state index contributed by atoms with van der Waals surface area (Å²) in [6, 6.07) is 9.83. The van der Waals surface area contributed by atoms with E-state index in [1.165, 1.54) is 24.8 Å². The van der Waals surface area contributed by atoms with E-state index in [1.807, 2.05) is 44.3 Å². The van der Waals surface area contributed by atoms with Crippen molar-refractivity contribution < 1.29 is 0 Å². The van der Waals surface area contributed by atoms with Crippen LogP contribution in [0.25, 0.3) is 0 Å². The average Bonchev–Trinajstić information content (AvgIpc) is 2.67. The molecule has 1 aliphatic rings. The Hall–Kier alpha value is -2.20. The topological polar surface area (TPSA) is 54.2 Å². The number of halogens is 1. The molecule has 0 unspecified atom stereocenters. The van der Waals surface area contributed by atoms with Gasteiger partial charge >= 0.3 is 0 Å². The molecule has 2 heterocycles. The quantitative estimate of drug-likeness (QED) is 0.699. The Morgan fingerprint density at radius 2 is 1.85 bits per heavy atom. The maximum atomic E-state index is 6.10. The second-order valence-corrected chi connectivity index (χ2v) is 6.61. The van der Waals surface area contributed by atoms with Crippen molar-refractivity contribution in [1.82, 2.24) is 9.88 Å². The summed E-state index contributed by atoms with van der Waals surface area (Å²) >= 11 is 6.10. The standard InChI is InChI=1S/C19H23ClN4.C2H6/c1-14(24-9-3-2-4-10-24)23-19-13-16(7-8-22-19)11-15-5-6-18(21)17(20)12-15;1-2/h5-8,12-13H,1-4,9-11,21H2,(H,22,23);1-2H3. The summed E-state index contributed by atoms with van der Waals surface area (Å²) in [4.78, 5) is 6.69. The lowest BCUT2D eigenvalue weighted by Gasteiger charge is -2.30. The number of aromatic nitrogens is 1. The van der Waals surface area contributed by atoms with Crippen LogP contribution in [0, 0.1) is 0 Å². The first-order valence-corrected chi connectivity index (χ1v) is 9.69. The number of nitrogens with zero attached hydrogens (tertiary/aromatic N) is 2. The van der Waals surface area contributed by atoms with Crippen LogP contribution in [0.5, 0.6) is 0 Å². The molecular weight excluding hydrogens is 344 g/mol. The highest BCUT2D eigenvalue weighted by molar-refractivity contribution is 6.33. The van der Waals surface area contributed by atoms with Gasteiger partial charge in [-0.2, -0.15) is 0 Å². The first-order valence-electron chi connectivity index (χ1n) is 9.31. The lowest BCUT2D eigenvalue weighted by Crippen LogP contribution is -2.31. The van der Waals surface area contributed by atoms with Crippen molar-refractivity contribution in [3.63, 3.8) is 0 Å².